The van der Waals surface area contributed by atoms with E-state index in [4.69, 9.17) is 4.74 Å². The van der Waals surface area contributed by atoms with Crippen LogP contribution in [0.1, 0.15) is 12.0 Å². The normalized spacial score (nSPS) is 17.0. The number of hydrogen-bond donors (Lipinski definition) is 0. The zero-order chi connectivity index (χ0) is 19.6. The third kappa shape index (κ3) is 4.08. The summed E-state index contributed by atoms with van der Waals surface area (Å²) < 4.78 is 43.6. The molecule has 1 aliphatic rings. The van der Waals surface area contributed by atoms with Crippen molar-refractivity contribution >= 4 is 5.69 Å². The molecule has 4 nitrogen and oxygen atoms in total. The fourth-order valence-corrected chi connectivity index (χ4v) is 3.24. The van der Waals surface area contributed by atoms with Crippen LogP contribution in [0.15, 0.2) is 67.1 Å². The van der Waals surface area contributed by atoms with Gasteiger partial charge in [-0.15, -0.1) is 0 Å². The first-order chi connectivity index (χ1) is 13.5. The maximum absolute atomic E-state index is 12.6. The van der Waals surface area contributed by atoms with Crippen LogP contribution in [0.4, 0.5) is 18.9 Å². The average Bonchev–Trinajstić information content (AvgIpc) is 3.17. The third-order valence-electron chi connectivity index (χ3n) is 4.69. The Bertz CT molecular complexity index is 930. The average molecular weight is 385 g/mol. The summed E-state index contributed by atoms with van der Waals surface area (Å²) in [5.41, 5.74) is 2.34. The van der Waals surface area contributed by atoms with Crippen LogP contribution in [0.25, 0.3) is 11.1 Å². The molecule has 0 amide bonds. The molecule has 0 radical (unpaired) electrons. The predicted octanol–water partition coefficient (Wildman–Crippen LogP) is 4.82. The molecule has 2 aromatic heterocycles. The maximum Gasteiger partial charge on any atom is 0.417 e. The highest BCUT2D eigenvalue weighted by Crippen LogP contribution is 2.30. The van der Waals surface area contributed by atoms with Gasteiger partial charge in [-0.2, -0.15) is 13.2 Å². The molecule has 1 fully saturated rings. The fraction of sp³-hybridized carbons (Fsp3) is 0.238. The van der Waals surface area contributed by atoms with E-state index >= 15 is 0 Å². The molecule has 3 aromatic rings. The number of aromatic nitrogens is 2. The number of alkyl halides is 3. The largest absolute Gasteiger partial charge is 0.472 e. The van der Waals surface area contributed by atoms with Crippen molar-refractivity contribution in [3.8, 4) is 17.0 Å². The zero-order valence-corrected chi connectivity index (χ0v) is 14.9. The zero-order valence-electron chi connectivity index (χ0n) is 14.9. The Morgan fingerprint density at radius 1 is 0.964 bits per heavy atom. The number of benzene rings is 1. The van der Waals surface area contributed by atoms with Crippen molar-refractivity contribution in [2.24, 2.45) is 0 Å². The fourth-order valence-electron chi connectivity index (χ4n) is 3.24. The van der Waals surface area contributed by atoms with E-state index < -0.39 is 11.7 Å². The smallest absolute Gasteiger partial charge is 0.417 e. The number of hydrogen-bond acceptors (Lipinski definition) is 4. The SMILES string of the molecule is FC(F)(F)c1ccc(O[C@H]2CCN(c3cncc(-c4ccccc4)c3)C2)nc1. The number of nitrogens with zero attached hydrogens (tertiary/aromatic N) is 3. The van der Waals surface area contributed by atoms with Crippen molar-refractivity contribution in [2.45, 2.75) is 18.7 Å². The van der Waals surface area contributed by atoms with Gasteiger partial charge in [0.2, 0.25) is 5.88 Å². The van der Waals surface area contributed by atoms with E-state index in [9.17, 15) is 13.2 Å². The summed E-state index contributed by atoms with van der Waals surface area (Å²) in [4.78, 5) is 10.3. The van der Waals surface area contributed by atoms with E-state index in [-0.39, 0.29) is 12.0 Å². The Morgan fingerprint density at radius 2 is 1.79 bits per heavy atom. The van der Waals surface area contributed by atoms with Gasteiger partial charge in [-0.25, -0.2) is 4.98 Å². The van der Waals surface area contributed by atoms with Crippen molar-refractivity contribution in [3.63, 3.8) is 0 Å². The van der Waals surface area contributed by atoms with Crippen LogP contribution in [0.2, 0.25) is 0 Å². The summed E-state index contributed by atoms with van der Waals surface area (Å²) in [5.74, 6) is 0.205. The lowest BCUT2D eigenvalue weighted by atomic mass is 10.1. The van der Waals surface area contributed by atoms with Gasteiger partial charge in [-0.05, 0) is 17.7 Å². The van der Waals surface area contributed by atoms with E-state index in [1.54, 1.807) is 0 Å². The molecule has 0 bridgehead atoms. The number of rotatable bonds is 4. The highest BCUT2D eigenvalue weighted by atomic mass is 19.4. The molecule has 3 heterocycles. The Hall–Kier alpha value is -3.09. The van der Waals surface area contributed by atoms with E-state index in [1.165, 1.54) is 6.07 Å². The lowest BCUT2D eigenvalue weighted by molar-refractivity contribution is -0.137. The first-order valence-electron chi connectivity index (χ1n) is 8.94. The number of halogens is 3. The standard InChI is InChI=1S/C21H18F3N3O/c22-21(23,24)17-6-7-20(26-12-17)28-19-8-9-27(14-19)18-10-16(11-25-13-18)15-4-2-1-3-5-15/h1-7,10-13,19H,8-9,14H2/t19-/m0/s1. The molecule has 1 saturated heterocycles. The molecule has 4 rings (SSSR count). The second-order valence-electron chi connectivity index (χ2n) is 6.66. The van der Waals surface area contributed by atoms with E-state index in [0.29, 0.717) is 6.54 Å². The summed E-state index contributed by atoms with van der Waals surface area (Å²) in [5, 5.41) is 0. The molecule has 28 heavy (non-hydrogen) atoms. The number of ether oxygens (including phenoxy) is 1. The molecular formula is C21H18F3N3O. The molecule has 0 saturated carbocycles. The summed E-state index contributed by atoms with van der Waals surface area (Å²) in [6.07, 6.45) is 0.671. The highest BCUT2D eigenvalue weighted by Gasteiger charge is 2.31. The minimum absolute atomic E-state index is 0.135. The first kappa shape index (κ1) is 18.3. The second kappa shape index (κ2) is 7.50. The van der Waals surface area contributed by atoms with Crippen LogP contribution in [-0.4, -0.2) is 29.2 Å². The van der Waals surface area contributed by atoms with Gasteiger partial charge in [0.15, 0.2) is 0 Å². The quantitative estimate of drug-likeness (QED) is 0.645. The molecule has 7 heteroatoms. The Kier molecular flexibility index (Phi) is 4.90. The van der Waals surface area contributed by atoms with Crippen LogP contribution in [0.3, 0.4) is 0 Å². The first-order valence-corrected chi connectivity index (χ1v) is 8.94. The van der Waals surface area contributed by atoms with Crippen molar-refractivity contribution in [1.29, 1.82) is 0 Å². The molecule has 144 valence electrons. The van der Waals surface area contributed by atoms with Gasteiger partial charge >= 0.3 is 6.18 Å². The van der Waals surface area contributed by atoms with Crippen LogP contribution in [0, 0.1) is 0 Å². The molecule has 0 spiro atoms. The van der Waals surface area contributed by atoms with Gasteiger partial charge < -0.3 is 9.64 Å². The van der Waals surface area contributed by atoms with Gasteiger partial charge in [-0.3, -0.25) is 4.98 Å². The van der Waals surface area contributed by atoms with Crippen molar-refractivity contribution in [1.82, 2.24) is 9.97 Å². The van der Waals surface area contributed by atoms with E-state index in [0.717, 1.165) is 42.0 Å². The van der Waals surface area contributed by atoms with Gasteiger partial charge in [0.1, 0.15) is 6.10 Å². The van der Waals surface area contributed by atoms with Crippen LogP contribution in [-0.2, 0) is 6.18 Å². The van der Waals surface area contributed by atoms with E-state index in [2.05, 4.69) is 20.9 Å². The molecule has 1 aromatic carbocycles. The Labute approximate surface area is 160 Å². The Morgan fingerprint density at radius 3 is 2.50 bits per heavy atom. The number of pyridine rings is 2. The minimum Gasteiger partial charge on any atom is -0.472 e. The lowest BCUT2D eigenvalue weighted by Crippen LogP contribution is -2.24. The lowest BCUT2D eigenvalue weighted by Gasteiger charge is -2.19. The molecule has 0 unspecified atom stereocenters. The summed E-state index contributed by atoms with van der Waals surface area (Å²) in [6, 6.07) is 14.3. The van der Waals surface area contributed by atoms with Crippen LogP contribution >= 0.6 is 0 Å². The monoisotopic (exact) mass is 385 g/mol. The summed E-state index contributed by atoms with van der Waals surface area (Å²) >= 11 is 0. The topological polar surface area (TPSA) is 38.2 Å². The highest BCUT2D eigenvalue weighted by molar-refractivity contribution is 5.67. The van der Waals surface area contributed by atoms with Crippen LogP contribution < -0.4 is 9.64 Å². The number of anilines is 1. The predicted molar refractivity (Wildman–Crippen MR) is 100 cm³/mol. The van der Waals surface area contributed by atoms with Crippen molar-refractivity contribution in [2.75, 3.05) is 18.0 Å². The molecule has 0 aliphatic carbocycles. The van der Waals surface area contributed by atoms with Crippen molar-refractivity contribution < 1.29 is 17.9 Å². The summed E-state index contributed by atoms with van der Waals surface area (Å²) in [6.45, 7) is 1.41. The van der Waals surface area contributed by atoms with Gasteiger partial charge in [-0.1, -0.05) is 30.3 Å². The van der Waals surface area contributed by atoms with Crippen LogP contribution in [0.5, 0.6) is 5.88 Å². The van der Waals surface area contributed by atoms with Gasteiger partial charge in [0.05, 0.1) is 24.0 Å². The molecule has 1 atom stereocenters. The van der Waals surface area contributed by atoms with Crippen molar-refractivity contribution in [3.05, 3.63) is 72.7 Å². The Balaban J connectivity index is 1.42. The maximum atomic E-state index is 12.6. The minimum atomic E-state index is -4.40. The molecule has 1 aliphatic heterocycles. The summed E-state index contributed by atoms with van der Waals surface area (Å²) in [7, 11) is 0. The van der Waals surface area contributed by atoms with Gasteiger partial charge in [0.25, 0.3) is 0 Å². The molecule has 0 N–H and O–H groups in total. The second-order valence-corrected chi connectivity index (χ2v) is 6.66. The third-order valence-corrected chi connectivity index (χ3v) is 4.69. The van der Waals surface area contributed by atoms with Gasteiger partial charge in [0, 0.05) is 37.0 Å². The van der Waals surface area contributed by atoms with E-state index in [1.807, 2.05) is 42.7 Å². The molecular weight excluding hydrogens is 367 g/mol.